The van der Waals surface area contributed by atoms with Crippen LogP contribution in [-0.4, -0.2) is 57.6 Å². The first-order valence-corrected chi connectivity index (χ1v) is 14.7. The Morgan fingerprint density at radius 1 is 1.22 bits per heavy atom. The van der Waals surface area contributed by atoms with Crippen LogP contribution in [0, 0.1) is 23.7 Å². The summed E-state index contributed by atoms with van der Waals surface area (Å²) in [5.74, 6) is 1.81. The lowest BCUT2D eigenvalue weighted by molar-refractivity contribution is -0.138. The number of carboxylic acid groups (broad SMARTS) is 1. The number of carboxylic acids is 1. The fraction of sp³-hybridized carbons (Fsp3) is 0.750. The lowest BCUT2D eigenvalue weighted by atomic mass is 9.52. The van der Waals surface area contributed by atoms with Gasteiger partial charge < -0.3 is 20.8 Å². The van der Waals surface area contributed by atoms with Gasteiger partial charge in [-0.15, -0.1) is 11.8 Å². The number of carbonyl (C=O) groups is 2. The topological polar surface area (TPSA) is 112 Å². The number of hydrogen-bond donors (Lipinski definition) is 4. The van der Waals surface area contributed by atoms with Crippen molar-refractivity contribution in [3.63, 3.8) is 0 Å². The molecule has 0 spiro atoms. The predicted octanol–water partition coefficient (Wildman–Crippen LogP) is 3.99. The summed E-state index contributed by atoms with van der Waals surface area (Å²) < 4.78 is 0. The van der Waals surface area contributed by atoms with Crippen molar-refractivity contribution in [2.24, 2.45) is 23.7 Å². The molecule has 0 radical (unpaired) electrons. The van der Waals surface area contributed by atoms with Crippen LogP contribution >= 0.6 is 11.8 Å². The fourth-order valence-corrected chi connectivity index (χ4v) is 8.84. The highest BCUT2D eigenvalue weighted by molar-refractivity contribution is 7.99. The van der Waals surface area contributed by atoms with E-state index in [1.165, 1.54) is 0 Å². The molecule has 5 aliphatic rings. The summed E-state index contributed by atoms with van der Waals surface area (Å²) in [7, 11) is 0. The average molecular weight is 516 g/mol. The minimum absolute atomic E-state index is 0.0319. The van der Waals surface area contributed by atoms with E-state index in [0.717, 1.165) is 69.4 Å². The number of aliphatic carboxylic acids is 1. The van der Waals surface area contributed by atoms with E-state index in [9.17, 15) is 19.8 Å². The van der Waals surface area contributed by atoms with E-state index in [1.807, 2.05) is 12.1 Å². The molecular formula is C28H41N3O4S. The maximum Gasteiger partial charge on any atom is 0.304 e. The van der Waals surface area contributed by atoms with Crippen molar-refractivity contribution in [2.45, 2.75) is 93.7 Å². The largest absolute Gasteiger partial charge is 0.481 e. The van der Waals surface area contributed by atoms with Crippen molar-refractivity contribution in [1.82, 2.24) is 15.6 Å². The Balaban J connectivity index is 1.40. The molecule has 2 heterocycles. The summed E-state index contributed by atoms with van der Waals surface area (Å²) in [5, 5.41) is 28.0. The molecule has 198 valence electrons. The molecule has 0 aromatic carbocycles. The number of nitrogens with zero attached hydrogens (tertiary/aromatic N) is 1. The van der Waals surface area contributed by atoms with Crippen LogP contribution in [0.4, 0.5) is 0 Å². The van der Waals surface area contributed by atoms with Gasteiger partial charge >= 0.3 is 5.97 Å². The number of thioether (sulfide) groups is 1. The minimum atomic E-state index is -0.820. The standard InChI is InChI=1S/C28H41N3O4S/c1-17(2)6-9-36-26-21(4-5-22(30-26)27(15-23(32)33)7-3-8-29-16-27)25(34)31-24-19-10-18-11-20(24)14-28(35,12-18)13-19/h4-5,17-20,24,29,35H,3,6-16H2,1-2H3,(H,31,34)(H,32,33)/t18?,19?,20?,24-,27-,28+/m0/s1. The molecule has 7 nitrogen and oxygen atoms in total. The van der Waals surface area contributed by atoms with Crippen LogP contribution in [0.5, 0.6) is 0 Å². The van der Waals surface area contributed by atoms with Crippen LogP contribution in [0.1, 0.15) is 87.7 Å². The number of piperidine rings is 1. The Hall–Kier alpha value is -1.64. The first-order chi connectivity index (χ1) is 17.2. The molecule has 6 rings (SSSR count). The molecule has 2 unspecified atom stereocenters. The number of rotatable bonds is 9. The lowest BCUT2D eigenvalue weighted by Gasteiger charge is -2.58. The molecular weight excluding hydrogens is 474 g/mol. The van der Waals surface area contributed by atoms with E-state index in [4.69, 9.17) is 4.98 Å². The molecule has 1 aromatic rings. The van der Waals surface area contributed by atoms with Gasteiger partial charge in [0.15, 0.2) is 0 Å². The van der Waals surface area contributed by atoms with Crippen LogP contribution in [0.25, 0.3) is 0 Å². The zero-order chi connectivity index (χ0) is 25.5. The van der Waals surface area contributed by atoms with Crippen LogP contribution in [0.15, 0.2) is 17.2 Å². The normalized spacial score (nSPS) is 35.2. The van der Waals surface area contributed by atoms with E-state index in [1.54, 1.807) is 11.8 Å². The van der Waals surface area contributed by atoms with Crippen LogP contribution in [-0.2, 0) is 10.2 Å². The molecule has 4 saturated carbocycles. The second kappa shape index (κ2) is 10.3. The van der Waals surface area contributed by atoms with Gasteiger partial charge in [0, 0.05) is 23.7 Å². The monoisotopic (exact) mass is 515 g/mol. The SMILES string of the molecule is CC(C)CCSc1nc([C@]2(CC(=O)O)CCCNC2)ccc1C(=O)N[C@H]1C2CC3CC1C[C@@](O)(C3)C2. The van der Waals surface area contributed by atoms with E-state index in [-0.39, 0.29) is 18.4 Å². The zero-order valence-electron chi connectivity index (χ0n) is 21.6. The quantitative estimate of drug-likeness (QED) is 0.368. The summed E-state index contributed by atoms with van der Waals surface area (Å²) in [4.78, 5) is 30.4. The highest BCUT2D eigenvalue weighted by Crippen LogP contribution is 2.55. The van der Waals surface area contributed by atoms with E-state index in [0.29, 0.717) is 40.8 Å². The number of pyridine rings is 1. The number of aliphatic hydroxyl groups is 1. The second-order valence-corrected chi connectivity index (χ2v) is 13.5. The summed E-state index contributed by atoms with van der Waals surface area (Å²) in [5.41, 5.74) is 0.293. The van der Waals surface area contributed by atoms with Gasteiger partial charge in [-0.2, -0.15) is 0 Å². The summed E-state index contributed by atoms with van der Waals surface area (Å²) in [6.45, 7) is 5.85. The van der Waals surface area contributed by atoms with Crippen molar-refractivity contribution >= 4 is 23.6 Å². The zero-order valence-corrected chi connectivity index (χ0v) is 22.4. The fourth-order valence-electron chi connectivity index (χ4n) is 7.57. The van der Waals surface area contributed by atoms with Gasteiger partial charge in [0.1, 0.15) is 5.03 Å². The summed E-state index contributed by atoms with van der Waals surface area (Å²) >= 11 is 1.61. The summed E-state index contributed by atoms with van der Waals surface area (Å²) in [6, 6.07) is 3.87. The molecule has 1 aromatic heterocycles. The highest BCUT2D eigenvalue weighted by atomic mass is 32.2. The number of carbonyl (C=O) groups excluding carboxylic acids is 1. The molecule has 8 heteroatoms. The van der Waals surface area contributed by atoms with Gasteiger partial charge in [0.25, 0.3) is 5.91 Å². The summed E-state index contributed by atoms with van der Waals surface area (Å²) in [6.07, 6.45) is 7.45. The average Bonchev–Trinajstić information content (AvgIpc) is 2.80. The molecule has 1 saturated heterocycles. The van der Waals surface area contributed by atoms with Gasteiger partial charge in [0.05, 0.1) is 17.6 Å². The Labute approximate surface area is 218 Å². The van der Waals surface area contributed by atoms with Crippen molar-refractivity contribution in [3.8, 4) is 0 Å². The smallest absolute Gasteiger partial charge is 0.304 e. The van der Waals surface area contributed by atoms with Gasteiger partial charge in [-0.3, -0.25) is 9.59 Å². The van der Waals surface area contributed by atoms with Crippen LogP contribution in [0.2, 0.25) is 0 Å². The maximum absolute atomic E-state index is 13.6. The van der Waals surface area contributed by atoms with Gasteiger partial charge in [-0.25, -0.2) is 4.98 Å². The number of amides is 1. The number of hydrogen-bond acceptors (Lipinski definition) is 6. The van der Waals surface area contributed by atoms with Crippen molar-refractivity contribution in [3.05, 3.63) is 23.4 Å². The van der Waals surface area contributed by atoms with Crippen LogP contribution in [0.3, 0.4) is 0 Å². The Morgan fingerprint density at radius 3 is 2.58 bits per heavy atom. The predicted molar refractivity (Wildman–Crippen MR) is 140 cm³/mol. The van der Waals surface area contributed by atoms with Crippen molar-refractivity contribution in [1.29, 1.82) is 0 Å². The Kier molecular flexibility index (Phi) is 7.40. The Morgan fingerprint density at radius 2 is 1.97 bits per heavy atom. The van der Waals surface area contributed by atoms with E-state index >= 15 is 0 Å². The molecule has 1 amide bonds. The van der Waals surface area contributed by atoms with Gasteiger partial charge in [-0.1, -0.05) is 13.8 Å². The number of aromatic nitrogens is 1. The second-order valence-electron chi connectivity index (χ2n) is 12.4. The molecule has 4 N–H and O–H groups in total. The Bertz CT molecular complexity index is 977. The van der Waals surface area contributed by atoms with Crippen molar-refractivity contribution < 1.29 is 19.8 Å². The molecule has 1 aliphatic heterocycles. The van der Waals surface area contributed by atoms with E-state index < -0.39 is 17.0 Å². The molecule has 5 fully saturated rings. The minimum Gasteiger partial charge on any atom is -0.481 e. The van der Waals surface area contributed by atoms with Crippen molar-refractivity contribution in [2.75, 3.05) is 18.8 Å². The van der Waals surface area contributed by atoms with E-state index in [2.05, 4.69) is 24.5 Å². The number of nitrogens with one attached hydrogen (secondary N) is 2. The third-order valence-corrected chi connectivity index (χ3v) is 10.1. The van der Waals surface area contributed by atoms with Gasteiger partial charge in [-0.05, 0) is 99.5 Å². The highest BCUT2D eigenvalue weighted by Gasteiger charge is 2.55. The first kappa shape index (κ1) is 26.0. The molecule has 4 aliphatic carbocycles. The third-order valence-electron chi connectivity index (χ3n) is 9.08. The van der Waals surface area contributed by atoms with Crippen LogP contribution < -0.4 is 10.6 Å². The maximum atomic E-state index is 13.6. The lowest BCUT2D eigenvalue weighted by Crippen LogP contribution is -2.61. The molecule has 4 bridgehead atoms. The first-order valence-electron chi connectivity index (χ1n) is 13.8. The third kappa shape index (κ3) is 5.32. The molecule has 3 atom stereocenters. The molecule has 36 heavy (non-hydrogen) atoms. The van der Waals surface area contributed by atoms with Gasteiger partial charge in [0.2, 0.25) is 0 Å².